The molecule has 0 saturated carbocycles. The van der Waals surface area contributed by atoms with Gasteiger partial charge in [-0.05, 0) is 112 Å². The smallest absolute Gasteiger partial charge is 0.0462 e. The fourth-order valence-electron chi connectivity index (χ4n) is 6.42. The van der Waals surface area contributed by atoms with E-state index in [9.17, 15) is 0 Å². The van der Waals surface area contributed by atoms with Crippen molar-refractivity contribution in [2.24, 2.45) is 0 Å². The van der Waals surface area contributed by atoms with Gasteiger partial charge in [0.2, 0.25) is 0 Å². The molecule has 0 fully saturated rings. The highest BCUT2D eigenvalue weighted by Gasteiger charge is 2.38. The SMILES string of the molecule is CC1(C)C2=CCCC=C2c2ccc(-c3ccc(N(c4ccc(Br)cc4)c4ccc(-c5ccccc5)cc4)cc3)cc21. The van der Waals surface area contributed by atoms with Crippen LogP contribution in [0.3, 0.4) is 0 Å². The third-order valence-corrected chi connectivity index (χ3v) is 9.12. The van der Waals surface area contributed by atoms with Crippen molar-refractivity contribution < 1.29 is 0 Å². The number of benzene rings is 5. The topological polar surface area (TPSA) is 3.24 Å². The lowest BCUT2D eigenvalue weighted by Gasteiger charge is -2.26. The van der Waals surface area contributed by atoms with Gasteiger partial charge >= 0.3 is 0 Å². The van der Waals surface area contributed by atoms with Crippen LogP contribution in [0.4, 0.5) is 17.1 Å². The summed E-state index contributed by atoms with van der Waals surface area (Å²) in [5.41, 5.74) is 14.2. The predicted octanol–water partition coefficient (Wildman–Crippen LogP) is 11.6. The molecule has 0 radical (unpaired) electrons. The van der Waals surface area contributed by atoms with Gasteiger partial charge in [0.05, 0.1) is 0 Å². The molecule has 5 aromatic rings. The Hall–Kier alpha value is -4.14. The molecule has 0 N–H and O–H groups in total. The van der Waals surface area contributed by atoms with E-state index in [1.54, 1.807) is 0 Å². The average molecular weight is 595 g/mol. The summed E-state index contributed by atoms with van der Waals surface area (Å²) in [7, 11) is 0. The molecular weight excluding hydrogens is 562 g/mol. The fraction of sp³-hybridized carbons (Fsp3) is 0.128. The summed E-state index contributed by atoms with van der Waals surface area (Å²) in [5.74, 6) is 0. The summed E-state index contributed by atoms with van der Waals surface area (Å²) >= 11 is 3.60. The number of hydrogen-bond donors (Lipinski definition) is 0. The number of hydrogen-bond acceptors (Lipinski definition) is 1. The molecule has 5 aromatic carbocycles. The molecule has 0 bridgehead atoms. The number of nitrogens with zero attached hydrogens (tertiary/aromatic N) is 1. The van der Waals surface area contributed by atoms with E-state index in [0.717, 1.165) is 34.4 Å². The first-order valence-electron chi connectivity index (χ1n) is 14.4. The summed E-state index contributed by atoms with van der Waals surface area (Å²) in [5, 5.41) is 0. The van der Waals surface area contributed by atoms with E-state index in [0.29, 0.717) is 0 Å². The Balaban J connectivity index is 1.24. The van der Waals surface area contributed by atoms with Crippen molar-refractivity contribution in [3.8, 4) is 22.3 Å². The van der Waals surface area contributed by atoms with E-state index in [1.807, 2.05) is 0 Å². The van der Waals surface area contributed by atoms with Crippen molar-refractivity contribution in [2.75, 3.05) is 4.90 Å². The van der Waals surface area contributed by atoms with Crippen molar-refractivity contribution in [3.63, 3.8) is 0 Å². The van der Waals surface area contributed by atoms with Crippen LogP contribution in [-0.4, -0.2) is 0 Å². The maximum Gasteiger partial charge on any atom is 0.0462 e. The van der Waals surface area contributed by atoms with Crippen LogP contribution in [0.5, 0.6) is 0 Å². The van der Waals surface area contributed by atoms with Crippen LogP contribution in [0.2, 0.25) is 0 Å². The molecular formula is C39H32BrN. The van der Waals surface area contributed by atoms with Gasteiger partial charge in [-0.15, -0.1) is 0 Å². The summed E-state index contributed by atoms with van der Waals surface area (Å²) in [6, 6.07) is 43.9. The van der Waals surface area contributed by atoms with Crippen molar-refractivity contribution in [1.29, 1.82) is 0 Å². The fourth-order valence-corrected chi connectivity index (χ4v) is 6.68. The van der Waals surface area contributed by atoms with Crippen LogP contribution in [-0.2, 0) is 5.41 Å². The molecule has 0 spiro atoms. The third-order valence-electron chi connectivity index (χ3n) is 8.59. The first kappa shape index (κ1) is 25.8. The zero-order chi connectivity index (χ0) is 28.0. The van der Waals surface area contributed by atoms with Gasteiger partial charge in [-0.1, -0.05) is 109 Å². The van der Waals surface area contributed by atoms with Crippen molar-refractivity contribution in [2.45, 2.75) is 32.1 Å². The Morgan fingerprint density at radius 3 is 1.71 bits per heavy atom. The molecule has 1 nitrogen and oxygen atoms in total. The van der Waals surface area contributed by atoms with Gasteiger partial charge in [-0.3, -0.25) is 0 Å². The normalized spacial score (nSPS) is 15.0. The Morgan fingerprint density at radius 2 is 1.07 bits per heavy atom. The lowest BCUT2D eigenvalue weighted by atomic mass is 9.80. The number of fused-ring (bicyclic) bond motifs is 3. The molecule has 0 amide bonds. The highest BCUT2D eigenvalue weighted by Crippen LogP contribution is 2.52. The second kappa shape index (κ2) is 10.4. The first-order chi connectivity index (χ1) is 20.0. The van der Waals surface area contributed by atoms with Gasteiger partial charge in [0.1, 0.15) is 0 Å². The number of allylic oxidation sites excluding steroid dienone is 4. The van der Waals surface area contributed by atoms with Gasteiger partial charge in [0.25, 0.3) is 0 Å². The molecule has 41 heavy (non-hydrogen) atoms. The van der Waals surface area contributed by atoms with Gasteiger partial charge in [-0.2, -0.15) is 0 Å². The minimum atomic E-state index is 0.0435. The van der Waals surface area contributed by atoms with E-state index in [1.165, 1.54) is 44.5 Å². The molecule has 0 atom stereocenters. The first-order valence-corrected chi connectivity index (χ1v) is 15.2. The van der Waals surface area contributed by atoms with Gasteiger partial charge in [-0.25, -0.2) is 0 Å². The number of anilines is 3. The zero-order valence-corrected chi connectivity index (χ0v) is 25.0. The molecule has 0 saturated heterocycles. The highest BCUT2D eigenvalue weighted by molar-refractivity contribution is 9.10. The van der Waals surface area contributed by atoms with Crippen LogP contribution in [0, 0.1) is 0 Å². The second-order valence-electron chi connectivity index (χ2n) is 11.5. The Bertz CT molecular complexity index is 1770. The minimum absolute atomic E-state index is 0.0435. The maximum absolute atomic E-state index is 3.60. The molecule has 2 aliphatic rings. The molecule has 0 aliphatic heterocycles. The lowest BCUT2D eigenvalue weighted by Crippen LogP contribution is -2.15. The van der Waals surface area contributed by atoms with E-state index in [4.69, 9.17) is 0 Å². The summed E-state index contributed by atoms with van der Waals surface area (Å²) in [6.45, 7) is 4.74. The molecule has 7 rings (SSSR count). The lowest BCUT2D eigenvalue weighted by molar-refractivity contribution is 0.655. The van der Waals surface area contributed by atoms with Gasteiger partial charge < -0.3 is 4.90 Å². The Kier molecular flexibility index (Phi) is 6.52. The highest BCUT2D eigenvalue weighted by atomic mass is 79.9. The second-order valence-corrected chi connectivity index (χ2v) is 12.4. The molecule has 0 heterocycles. The predicted molar refractivity (Wildman–Crippen MR) is 178 cm³/mol. The average Bonchev–Trinajstić information content (AvgIpc) is 3.25. The van der Waals surface area contributed by atoms with E-state index in [-0.39, 0.29) is 5.41 Å². The van der Waals surface area contributed by atoms with Gasteiger partial charge in [0.15, 0.2) is 0 Å². The molecule has 0 unspecified atom stereocenters. The largest absolute Gasteiger partial charge is 0.311 e. The maximum atomic E-state index is 3.60. The molecule has 200 valence electrons. The van der Waals surface area contributed by atoms with Crippen molar-refractivity contribution in [1.82, 2.24) is 0 Å². The summed E-state index contributed by atoms with van der Waals surface area (Å²) < 4.78 is 1.07. The van der Waals surface area contributed by atoms with Crippen LogP contribution in [0.15, 0.2) is 144 Å². The van der Waals surface area contributed by atoms with E-state index < -0.39 is 0 Å². The Morgan fingerprint density at radius 1 is 0.561 bits per heavy atom. The van der Waals surface area contributed by atoms with Crippen LogP contribution in [0.25, 0.3) is 27.8 Å². The Labute approximate surface area is 251 Å². The van der Waals surface area contributed by atoms with E-state index >= 15 is 0 Å². The standard InChI is InChI=1S/C39H32BrN/c1-39(2)37-11-7-6-10-35(37)36-25-16-30(26-38(36)39)29-14-21-33(22-15-29)41(34-23-17-31(40)18-24-34)32-19-12-28(13-20-32)27-8-4-3-5-9-27/h3-5,8-26H,6-7H2,1-2H3. The van der Waals surface area contributed by atoms with Gasteiger partial charge in [0, 0.05) is 26.9 Å². The molecule has 2 aliphatic carbocycles. The van der Waals surface area contributed by atoms with E-state index in [2.05, 4.69) is 168 Å². The summed E-state index contributed by atoms with van der Waals surface area (Å²) in [6.07, 6.45) is 7.17. The number of rotatable bonds is 5. The minimum Gasteiger partial charge on any atom is -0.311 e. The molecule has 2 heteroatoms. The number of halogens is 1. The quantitative estimate of drug-likeness (QED) is 0.196. The molecule has 0 aromatic heterocycles. The third kappa shape index (κ3) is 4.67. The van der Waals surface area contributed by atoms with Crippen LogP contribution >= 0.6 is 15.9 Å². The van der Waals surface area contributed by atoms with Crippen LogP contribution < -0.4 is 4.90 Å². The monoisotopic (exact) mass is 593 g/mol. The summed E-state index contributed by atoms with van der Waals surface area (Å²) in [4.78, 5) is 2.32. The van der Waals surface area contributed by atoms with Crippen LogP contribution in [0.1, 0.15) is 37.8 Å². The van der Waals surface area contributed by atoms with Crippen molar-refractivity contribution in [3.05, 3.63) is 155 Å². The zero-order valence-electron chi connectivity index (χ0n) is 23.4. The van der Waals surface area contributed by atoms with Crippen molar-refractivity contribution >= 4 is 38.6 Å².